The van der Waals surface area contributed by atoms with Gasteiger partial charge in [-0.25, -0.2) is 9.97 Å². The van der Waals surface area contributed by atoms with E-state index >= 15 is 0 Å². The van der Waals surface area contributed by atoms with Gasteiger partial charge in [0.25, 0.3) is 0 Å². The number of aryl methyl sites for hydroxylation is 1. The van der Waals surface area contributed by atoms with Crippen LogP contribution in [0.2, 0.25) is 0 Å². The normalized spacial score (nSPS) is 14.7. The summed E-state index contributed by atoms with van der Waals surface area (Å²) in [4.78, 5) is 21.7. The molecule has 3 aromatic rings. The lowest BCUT2D eigenvalue weighted by Gasteiger charge is -2.29. The maximum atomic E-state index is 11.3. The molecule has 0 radical (unpaired) electrons. The first-order valence-corrected chi connectivity index (χ1v) is 9.38. The first kappa shape index (κ1) is 16.7. The average Bonchev–Trinajstić information content (AvgIpc) is 3.10. The number of hydrogen-bond donors (Lipinski definition) is 0. The Balaban J connectivity index is 1.52. The summed E-state index contributed by atoms with van der Waals surface area (Å²) in [5.41, 5.74) is 6.32. The van der Waals surface area contributed by atoms with E-state index in [0.717, 1.165) is 37.1 Å². The van der Waals surface area contributed by atoms with Crippen molar-refractivity contribution >= 4 is 39.1 Å². The molecule has 0 unspecified atom stereocenters. The molecule has 2 aromatic heterocycles. The van der Waals surface area contributed by atoms with Crippen LogP contribution in [0, 0.1) is 17.0 Å². The van der Waals surface area contributed by atoms with E-state index in [-0.39, 0.29) is 10.6 Å². The number of aromatic nitrogens is 2. The Labute approximate surface area is 155 Å². The first-order chi connectivity index (χ1) is 12.6. The van der Waals surface area contributed by atoms with Gasteiger partial charge in [0, 0.05) is 24.8 Å². The minimum Gasteiger partial charge on any atom is -0.350 e. The highest BCUT2D eigenvalue weighted by atomic mass is 32.1. The fourth-order valence-electron chi connectivity index (χ4n) is 3.26. The van der Waals surface area contributed by atoms with Gasteiger partial charge in [-0.1, -0.05) is 17.7 Å². The fraction of sp³-hybridized carbons (Fsp3) is 0.263. The summed E-state index contributed by atoms with van der Waals surface area (Å²) in [6.45, 7) is 3.34. The standard InChI is InChI=1S/C19H18N4O2S/c1-13-2-5-17(23(24)25)19(21-13)22-8-6-14(7-9-22)10-15-3-4-16-18(11-15)26-12-20-16/h2-5,10-12H,6-9H2,1H3. The summed E-state index contributed by atoms with van der Waals surface area (Å²) in [5, 5.41) is 11.3. The zero-order valence-electron chi connectivity index (χ0n) is 14.4. The molecular weight excluding hydrogens is 348 g/mol. The van der Waals surface area contributed by atoms with Gasteiger partial charge >= 0.3 is 5.69 Å². The lowest BCUT2D eigenvalue weighted by molar-refractivity contribution is -0.384. The van der Waals surface area contributed by atoms with Crippen molar-refractivity contribution in [2.75, 3.05) is 18.0 Å². The number of benzene rings is 1. The van der Waals surface area contributed by atoms with Crippen molar-refractivity contribution in [2.45, 2.75) is 19.8 Å². The van der Waals surface area contributed by atoms with Crippen LogP contribution in [-0.2, 0) is 0 Å². The number of hydrogen-bond acceptors (Lipinski definition) is 6. The van der Waals surface area contributed by atoms with Crippen LogP contribution >= 0.6 is 11.3 Å². The van der Waals surface area contributed by atoms with Crippen LogP contribution in [-0.4, -0.2) is 28.0 Å². The van der Waals surface area contributed by atoms with Gasteiger partial charge in [0.05, 0.1) is 20.7 Å². The molecule has 6 nitrogen and oxygen atoms in total. The molecule has 0 atom stereocenters. The van der Waals surface area contributed by atoms with Gasteiger partial charge in [0.1, 0.15) is 0 Å². The summed E-state index contributed by atoms with van der Waals surface area (Å²) in [5.74, 6) is 0.486. The fourth-order valence-corrected chi connectivity index (χ4v) is 3.98. The SMILES string of the molecule is Cc1ccc([N+](=O)[O-])c(N2CCC(=Cc3ccc4ncsc4c3)CC2)n1. The number of rotatable bonds is 3. The third-order valence-corrected chi connectivity index (χ3v) is 5.41. The first-order valence-electron chi connectivity index (χ1n) is 8.50. The second-order valence-corrected chi connectivity index (χ2v) is 7.31. The van der Waals surface area contributed by atoms with E-state index in [2.05, 4.69) is 28.2 Å². The van der Waals surface area contributed by atoms with Crippen LogP contribution in [0.3, 0.4) is 0 Å². The number of nitrogens with zero attached hydrogens (tertiary/aromatic N) is 4. The quantitative estimate of drug-likeness (QED) is 0.501. The Morgan fingerprint density at radius 2 is 2.04 bits per heavy atom. The number of fused-ring (bicyclic) bond motifs is 1. The van der Waals surface area contributed by atoms with Crippen LogP contribution < -0.4 is 4.90 Å². The van der Waals surface area contributed by atoms with E-state index in [1.54, 1.807) is 23.5 Å². The molecule has 1 fully saturated rings. The molecular formula is C19H18N4O2S. The monoisotopic (exact) mass is 366 g/mol. The average molecular weight is 366 g/mol. The Morgan fingerprint density at radius 1 is 1.23 bits per heavy atom. The largest absolute Gasteiger partial charge is 0.350 e. The lowest BCUT2D eigenvalue weighted by Crippen LogP contribution is -2.31. The molecule has 0 saturated carbocycles. The maximum absolute atomic E-state index is 11.3. The molecule has 3 heterocycles. The smallest absolute Gasteiger partial charge is 0.311 e. The predicted molar refractivity (Wildman–Crippen MR) is 105 cm³/mol. The summed E-state index contributed by atoms with van der Waals surface area (Å²) in [6, 6.07) is 9.54. The highest BCUT2D eigenvalue weighted by molar-refractivity contribution is 7.16. The second-order valence-electron chi connectivity index (χ2n) is 6.42. The molecule has 0 spiro atoms. The summed E-state index contributed by atoms with van der Waals surface area (Å²) in [6.07, 6.45) is 4.00. The van der Waals surface area contributed by atoms with Gasteiger partial charge in [-0.3, -0.25) is 10.1 Å². The Morgan fingerprint density at radius 3 is 2.81 bits per heavy atom. The van der Waals surface area contributed by atoms with E-state index in [1.807, 2.05) is 23.4 Å². The number of pyridine rings is 1. The van der Waals surface area contributed by atoms with Crippen molar-refractivity contribution in [1.82, 2.24) is 9.97 Å². The van der Waals surface area contributed by atoms with Crippen LogP contribution in [0.15, 0.2) is 41.4 Å². The molecule has 132 valence electrons. The van der Waals surface area contributed by atoms with Crippen molar-refractivity contribution < 1.29 is 4.92 Å². The van der Waals surface area contributed by atoms with Gasteiger partial charge in [-0.05, 0) is 43.5 Å². The van der Waals surface area contributed by atoms with Crippen molar-refractivity contribution in [3.63, 3.8) is 0 Å². The third-order valence-electron chi connectivity index (χ3n) is 4.62. The highest BCUT2D eigenvalue weighted by Gasteiger charge is 2.24. The van der Waals surface area contributed by atoms with Crippen molar-refractivity contribution in [2.24, 2.45) is 0 Å². The Bertz CT molecular complexity index is 1000. The zero-order chi connectivity index (χ0) is 18.1. The van der Waals surface area contributed by atoms with Crippen molar-refractivity contribution in [3.8, 4) is 0 Å². The number of piperidine rings is 1. The number of anilines is 1. The molecule has 1 aromatic carbocycles. The van der Waals surface area contributed by atoms with E-state index in [0.29, 0.717) is 5.82 Å². The zero-order valence-corrected chi connectivity index (χ0v) is 15.2. The molecule has 1 aliphatic heterocycles. The summed E-state index contributed by atoms with van der Waals surface area (Å²) < 4.78 is 1.19. The minimum absolute atomic E-state index is 0.0821. The molecule has 7 heteroatoms. The Kier molecular flexibility index (Phi) is 4.38. The van der Waals surface area contributed by atoms with Gasteiger partial charge in [0.2, 0.25) is 5.82 Å². The van der Waals surface area contributed by atoms with Gasteiger partial charge in [-0.2, -0.15) is 0 Å². The van der Waals surface area contributed by atoms with Crippen molar-refractivity contribution in [1.29, 1.82) is 0 Å². The third kappa shape index (κ3) is 3.30. The van der Waals surface area contributed by atoms with E-state index < -0.39 is 0 Å². The summed E-state index contributed by atoms with van der Waals surface area (Å²) in [7, 11) is 0. The number of nitro groups is 1. The lowest BCUT2D eigenvalue weighted by atomic mass is 10.0. The molecule has 0 N–H and O–H groups in total. The van der Waals surface area contributed by atoms with Gasteiger partial charge in [0.15, 0.2) is 0 Å². The molecule has 0 amide bonds. The molecule has 1 aliphatic rings. The minimum atomic E-state index is -0.350. The number of thiazole rings is 1. The van der Waals surface area contributed by atoms with Crippen LogP contribution in [0.5, 0.6) is 0 Å². The molecule has 0 bridgehead atoms. The van der Waals surface area contributed by atoms with Crippen LogP contribution in [0.25, 0.3) is 16.3 Å². The van der Waals surface area contributed by atoms with Gasteiger partial charge < -0.3 is 4.90 Å². The van der Waals surface area contributed by atoms with E-state index in [4.69, 9.17) is 0 Å². The Hall–Kier alpha value is -2.80. The van der Waals surface area contributed by atoms with Crippen molar-refractivity contribution in [3.05, 3.63) is 62.8 Å². The van der Waals surface area contributed by atoms with E-state index in [9.17, 15) is 10.1 Å². The van der Waals surface area contributed by atoms with Crippen LogP contribution in [0.4, 0.5) is 11.5 Å². The second kappa shape index (κ2) is 6.84. The molecule has 1 saturated heterocycles. The highest BCUT2D eigenvalue weighted by Crippen LogP contribution is 2.30. The van der Waals surface area contributed by atoms with Crippen LogP contribution in [0.1, 0.15) is 24.1 Å². The maximum Gasteiger partial charge on any atom is 0.311 e. The molecule has 4 rings (SSSR count). The molecule has 0 aliphatic carbocycles. The van der Waals surface area contributed by atoms with Gasteiger partial charge in [-0.15, -0.1) is 11.3 Å². The van der Waals surface area contributed by atoms with E-state index in [1.165, 1.54) is 15.8 Å². The topological polar surface area (TPSA) is 72.2 Å². The summed E-state index contributed by atoms with van der Waals surface area (Å²) >= 11 is 1.65. The molecule has 26 heavy (non-hydrogen) atoms. The predicted octanol–water partition coefficient (Wildman–Crippen LogP) is 4.59.